The predicted molar refractivity (Wildman–Crippen MR) is 233 cm³/mol. The van der Waals surface area contributed by atoms with E-state index >= 15 is 0 Å². The predicted octanol–water partition coefficient (Wildman–Crippen LogP) is 6.27. The number of nitrogens with zero attached hydrogens (tertiary/aromatic N) is 2. The lowest BCUT2D eigenvalue weighted by Crippen LogP contribution is -2.61. The van der Waals surface area contributed by atoms with Gasteiger partial charge in [-0.3, -0.25) is 19.4 Å². The number of aliphatic hydroxyl groups is 4. The zero-order chi connectivity index (χ0) is 42.9. The summed E-state index contributed by atoms with van der Waals surface area (Å²) < 4.78 is 5.47. The number of hydrogen-bond donors (Lipinski definition) is 6. The van der Waals surface area contributed by atoms with Crippen LogP contribution in [0.4, 0.5) is 0 Å². The SMILES string of the molecule is CCC(C)CC(C)/C=C\C(C)C(O)CN(CCCCC1NC(=O)C(CCCCN(CCO)CC(O)O/C=C\C(C)CC(C)C)NC1=O)CC(O)C(C)/C=C\C(C)C. The molecule has 1 fully saturated rings. The average Bonchev–Trinajstić information content (AvgIpc) is 3.13. The smallest absolute Gasteiger partial charge is 0.243 e. The second-order valence-corrected chi connectivity index (χ2v) is 18.0. The Morgan fingerprint density at radius 3 is 1.65 bits per heavy atom. The fourth-order valence-corrected chi connectivity index (χ4v) is 7.26. The number of carbonyl (C=O) groups is 2. The van der Waals surface area contributed by atoms with Crippen LogP contribution < -0.4 is 10.6 Å². The lowest BCUT2D eigenvalue weighted by Gasteiger charge is -2.31. The molecule has 0 aromatic carbocycles. The number of ether oxygens (including phenoxy) is 1. The van der Waals surface area contributed by atoms with Crippen LogP contribution in [-0.4, -0.2) is 118 Å². The Bertz CT molecular complexity index is 1160. The minimum atomic E-state index is -1.01. The molecule has 6 N–H and O–H groups in total. The number of rotatable bonds is 32. The molecule has 0 bridgehead atoms. The van der Waals surface area contributed by atoms with Gasteiger partial charge in [0.25, 0.3) is 0 Å². The third-order valence-corrected chi connectivity index (χ3v) is 11.1. The minimum absolute atomic E-state index is 0.0253. The Labute approximate surface area is 347 Å². The standard InChI is InChI=1S/C46H86N4O7/c1-11-35(6)29-36(7)19-21-39(10)43(53)31-50(30-42(52)38(9)20-18-33(2)3)24-15-13-17-41-46(56)47-40(45(55)48-41)16-12-14-23-49(25-26-51)32-44(54)57-27-22-37(8)28-34(4)5/h18-22,27,33-44,51-54H,11-17,23-26,28-32H2,1-10H3,(H,47,56)(H,48,55)/b20-18-,21-19-,27-22-. The van der Waals surface area contributed by atoms with Crippen LogP contribution in [0.1, 0.15) is 127 Å². The number of unbranched alkanes of at least 4 members (excludes halogenated alkanes) is 2. The van der Waals surface area contributed by atoms with Gasteiger partial charge in [0.15, 0.2) is 0 Å². The second kappa shape index (κ2) is 29.9. The highest BCUT2D eigenvalue weighted by Gasteiger charge is 2.33. The highest BCUT2D eigenvalue weighted by molar-refractivity contribution is 5.96. The molecule has 1 saturated heterocycles. The largest absolute Gasteiger partial charge is 0.472 e. The second-order valence-electron chi connectivity index (χ2n) is 18.0. The van der Waals surface area contributed by atoms with Gasteiger partial charge in [-0.15, -0.1) is 0 Å². The van der Waals surface area contributed by atoms with Crippen LogP contribution in [0.5, 0.6) is 0 Å². The van der Waals surface area contributed by atoms with Gasteiger partial charge in [-0.05, 0) is 100 Å². The molecule has 0 aromatic heterocycles. The van der Waals surface area contributed by atoms with Crippen LogP contribution >= 0.6 is 0 Å². The highest BCUT2D eigenvalue weighted by Crippen LogP contribution is 2.19. The van der Waals surface area contributed by atoms with E-state index in [0.717, 1.165) is 32.1 Å². The van der Waals surface area contributed by atoms with E-state index in [9.17, 15) is 30.0 Å². The van der Waals surface area contributed by atoms with Gasteiger partial charge in [0.1, 0.15) is 12.1 Å². The first-order chi connectivity index (χ1) is 26.9. The van der Waals surface area contributed by atoms with E-state index in [2.05, 4.69) is 95.2 Å². The zero-order valence-corrected chi connectivity index (χ0v) is 37.6. The number of piperazine rings is 1. The molecule has 1 aliphatic heterocycles. The van der Waals surface area contributed by atoms with Crippen molar-refractivity contribution in [2.75, 3.05) is 45.9 Å². The number of amides is 2. The van der Waals surface area contributed by atoms with Gasteiger partial charge in [0.2, 0.25) is 18.1 Å². The van der Waals surface area contributed by atoms with E-state index in [-0.39, 0.29) is 36.8 Å². The van der Waals surface area contributed by atoms with Crippen molar-refractivity contribution in [2.45, 2.75) is 158 Å². The molecule has 0 saturated carbocycles. The molecule has 1 aliphatic rings. The summed E-state index contributed by atoms with van der Waals surface area (Å²) in [6, 6.07) is -1.18. The molecule has 2 amide bonds. The van der Waals surface area contributed by atoms with Crippen molar-refractivity contribution in [3.05, 3.63) is 36.6 Å². The van der Waals surface area contributed by atoms with Crippen molar-refractivity contribution in [3.63, 3.8) is 0 Å². The lowest BCUT2D eigenvalue weighted by atomic mass is 9.93. The Balaban J connectivity index is 2.64. The number of aliphatic hydroxyl groups excluding tert-OH is 4. The first-order valence-corrected chi connectivity index (χ1v) is 22.3. The molecular formula is C46H86N4O7. The average molecular weight is 807 g/mol. The van der Waals surface area contributed by atoms with Crippen molar-refractivity contribution in [2.24, 2.45) is 41.4 Å². The number of nitrogens with one attached hydrogen (secondary N) is 2. The molecule has 1 heterocycles. The first kappa shape index (κ1) is 52.7. The van der Waals surface area contributed by atoms with E-state index < -0.39 is 30.6 Å². The zero-order valence-electron chi connectivity index (χ0n) is 37.6. The quantitative estimate of drug-likeness (QED) is 0.0200. The van der Waals surface area contributed by atoms with Crippen molar-refractivity contribution < 1.29 is 34.8 Å². The van der Waals surface area contributed by atoms with Gasteiger partial charge < -0.3 is 35.8 Å². The minimum Gasteiger partial charge on any atom is -0.472 e. The molecule has 0 aliphatic carbocycles. The number of hydrogen-bond acceptors (Lipinski definition) is 9. The molecule has 1 rings (SSSR count). The van der Waals surface area contributed by atoms with Gasteiger partial charge in [0, 0.05) is 31.5 Å². The highest BCUT2D eigenvalue weighted by atomic mass is 16.6. The summed E-state index contributed by atoms with van der Waals surface area (Å²) >= 11 is 0. The summed E-state index contributed by atoms with van der Waals surface area (Å²) in [5.74, 6) is 2.05. The third-order valence-electron chi connectivity index (χ3n) is 11.1. The Morgan fingerprint density at radius 2 is 1.16 bits per heavy atom. The maximum atomic E-state index is 13.0. The summed E-state index contributed by atoms with van der Waals surface area (Å²) in [6.07, 6.45) is 17.1. The number of carbonyl (C=O) groups excluding carboxylic acids is 2. The normalized spacial score (nSPS) is 21.1. The van der Waals surface area contributed by atoms with Gasteiger partial charge in [-0.25, -0.2) is 0 Å². The Hall–Kier alpha value is -2.28. The fraction of sp³-hybridized carbons (Fsp3) is 0.826. The molecule has 10 unspecified atom stereocenters. The molecule has 11 heteroatoms. The van der Waals surface area contributed by atoms with Crippen molar-refractivity contribution in [3.8, 4) is 0 Å². The number of allylic oxidation sites excluding steroid dienone is 3. The molecule has 332 valence electrons. The molecule has 57 heavy (non-hydrogen) atoms. The summed E-state index contributed by atoms with van der Waals surface area (Å²) in [7, 11) is 0. The van der Waals surface area contributed by atoms with E-state index in [4.69, 9.17) is 4.74 Å². The van der Waals surface area contributed by atoms with E-state index in [1.807, 2.05) is 24.8 Å². The van der Waals surface area contributed by atoms with Gasteiger partial charge in [0.05, 0.1) is 31.6 Å². The summed E-state index contributed by atoms with van der Waals surface area (Å²) in [5.41, 5.74) is 0. The summed E-state index contributed by atoms with van der Waals surface area (Å²) in [4.78, 5) is 30.1. The monoisotopic (exact) mass is 807 g/mol. The van der Waals surface area contributed by atoms with Crippen molar-refractivity contribution in [1.29, 1.82) is 0 Å². The Kier molecular flexibility index (Phi) is 27.6. The van der Waals surface area contributed by atoms with E-state index in [1.165, 1.54) is 0 Å². The molecule has 0 aromatic rings. The van der Waals surface area contributed by atoms with Crippen LogP contribution in [0.25, 0.3) is 0 Å². The summed E-state index contributed by atoms with van der Waals surface area (Å²) in [5, 5.41) is 48.1. The first-order valence-electron chi connectivity index (χ1n) is 22.3. The molecule has 11 nitrogen and oxygen atoms in total. The van der Waals surface area contributed by atoms with Gasteiger partial charge in [-0.1, -0.05) is 100.0 Å². The lowest BCUT2D eigenvalue weighted by molar-refractivity contribution is -0.137. The van der Waals surface area contributed by atoms with Gasteiger partial charge in [-0.2, -0.15) is 0 Å². The van der Waals surface area contributed by atoms with Crippen LogP contribution in [0, 0.1) is 41.4 Å². The fourth-order valence-electron chi connectivity index (χ4n) is 7.26. The van der Waals surface area contributed by atoms with Crippen LogP contribution in [0.15, 0.2) is 36.6 Å². The Morgan fingerprint density at radius 1 is 0.649 bits per heavy atom. The molecule has 10 atom stereocenters. The van der Waals surface area contributed by atoms with Crippen molar-refractivity contribution in [1.82, 2.24) is 20.4 Å². The van der Waals surface area contributed by atoms with Crippen LogP contribution in [-0.2, 0) is 14.3 Å². The maximum Gasteiger partial charge on any atom is 0.243 e. The maximum absolute atomic E-state index is 13.0. The molecular weight excluding hydrogens is 721 g/mol. The summed E-state index contributed by atoms with van der Waals surface area (Å²) in [6.45, 7) is 24.2. The van der Waals surface area contributed by atoms with Crippen molar-refractivity contribution >= 4 is 11.8 Å². The van der Waals surface area contributed by atoms with E-state index in [1.54, 1.807) is 6.26 Å². The van der Waals surface area contributed by atoms with E-state index in [0.29, 0.717) is 88.0 Å². The molecule has 0 radical (unpaired) electrons. The topological polar surface area (TPSA) is 155 Å². The molecule has 0 spiro atoms. The van der Waals surface area contributed by atoms with Gasteiger partial charge >= 0.3 is 0 Å². The van der Waals surface area contributed by atoms with Crippen LogP contribution in [0.2, 0.25) is 0 Å². The van der Waals surface area contributed by atoms with Crippen LogP contribution in [0.3, 0.4) is 0 Å². The third kappa shape index (κ3) is 24.4.